The fourth-order valence-electron chi connectivity index (χ4n) is 2.68. The van der Waals surface area contributed by atoms with E-state index in [2.05, 4.69) is 13.8 Å². The molecule has 1 fully saturated rings. The third kappa shape index (κ3) is 2.50. The number of hydrogen-bond donors (Lipinski definition) is 1. The number of anilines is 1. The molecule has 1 aromatic carbocycles. The first-order chi connectivity index (χ1) is 8.49. The van der Waals surface area contributed by atoms with Gasteiger partial charge in [0.25, 0.3) is 5.91 Å². The quantitative estimate of drug-likeness (QED) is 0.774. The summed E-state index contributed by atoms with van der Waals surface area (Å²) in [6, 6.07) is 5.87. The molecular formula is C15H22N2O. The number of piperidine rings is 1. The zero-order valence-electron chi connectivity index (χ0n) is 11.4. The van der Waals surface area contributed by atoms with Crippen LogP contribution in [0.5, 0.6) is 0 Å². The smallest absolute Gasteiger partial charge is 0.254 e. The molecule has 1 aliphatic rings. The fourth-order valence-corrected chi connectivity index (χ4v) is 2.68. The SMILES string of the molecule is Cc1cc(C(=O)N2CCC(C)CC2C)ccc1N. The second-order valence-electron chi connectivity index (χ2n) is 5.55. The second-order valence-corrected chi connectivity index (χ2v) is 5.55. The van der Waals surface area contributed by atoms with Gasteiger partial charge in [0, 0.05) is 23.8 Å². The van der Waals surface area contributed by atoms with Crippen LogP contribution >= 0.6 is 0 Å². The van der Waals surface area contributed by atoms with Crippen molar-refractivity contribution >= 4 is 11.6 Å². The molecule has 0 aliphatic carbocycles. The Bertz CT molecular complexity index is 456. The van der Waals surface area contributed by atoms with Crippen LogP contribution in [0.4, 0.5) is 5.69 Å². The molecule has 1 aliphatic heterocycles. The summed E-state index contributed by atoms with van der Waals surface area (Å²) in [5.41, 5.74) is 8.25. The minimum atomic E-state index is 0.137. The summed E-state index contributed by atoms with van der Waals surface area (Å²) in [6.07, 6.45) is 2.20. The van der Waals surface area contributed by atoms with E-state index in [1.165, 1.54) is 0 Å². The van der Waals surface area contributed by atoms with Gasteiger partial charge in [-0.25, -0.2) is 0 Å². The molecule has 1 amide bonds. The predicted molar refractivity (Wildman–Crippen MR) is 74.5 cm³/mol. The maximum atomic E-state index is 12.5. The molecule has 3 heteroatoms. The van der Waals surface area contributed by atoms with E-state index >= 15 is 0 Å². The molecule has 1 saturated heterocycles. The number of carbonyl (C=O) groups is 1. The number of benzene rings is 1. The van der Waals surface area contributed by atoms with Crippen molar-refractivity contribution in [3.63, 3.8) is 0 Å². The molecule has 0 aromatic heterocycles. The van der Waals surface area contributed by atoms with Crippen molar-refractivity contribution in [2.24, 2.45) is 5.92 Å². The van der Waals surface area contributed by atoms with Crippen LogP contribution in [0.3, 0.4) is 0 Å². The summed E-state index contributed by atoms with van der Waals surface area (Å²) in [6.45, 7) is 7.20. The zero-order valence-corrected chi connectivity index (χ0v) is 11.4. The molecule has 1 heterocycles. The highest BCUT2D eigenvalue weighted by Gasteiger charge is 2.27. The standard InChI is InChI=1S/C15H22N2O/c1-10-6-7-17(12(3)8-10)15(18)13-4-5-14(16)11(2)9-13/h4-5,9-10,12H,6-8,16H2,1-3H3. The summed E-state index contributed by atoms with van der Waals surface area (Å²) in [5.74, 6) is 0.856. The van der Waals surface area contributed by atoms with Crippen molar-refractivity contribution < 1.29 is 4.79 Å². The molecule has 18 heavy (non-hydrogen) atoms. The number of nitrogens with zero attached hydrogens (tertiary/aromatic N) is 1. The van der Waals surface area contributed by atoms with Gasteiger partial charge in [-0.1, -0.05) is 6.92 Å². The van der Waals surface area contributed by atoms with Crippen LogP contribution in [0.2, 0.25) is 0 Å². The first kappa shape index (κ1) is 12.9. The van der Waals surface area contributed by atoms with Gasteiger partial charge < -0.3 is 10.6 Å². The number of amides is 1. The number of nitrogens with two attached hydrogens (primary N) is 1. The third-order valence-corrected chi connectivity index (χ3v) is 3.92. The van der Waals surface area contributed by atoms with Crippen molar-refractivity contribution in [3.05, 3.63) is 29.3 Å². The van der Waals surface area contributed by atoms with Crippen molar-refractivity contribution in [2.45, 2.75) is 39.7 Å². The molecule has 2 N–H and O–H groups in total. The molecule has 2 unspecified atom stereocenters. The maximum Gasteiger partial charge on any atom is 0.254 e. The predicted octanol–water partition coefficient (Wildman–Crippen LogP) is 2.84. The summed E-state index contributed by atoms with van der Waals surface area (Å²) in [5, 5.41) is 0. The number of aryl methyl sites for hydroxylation is 1. The topological polar surface area (TPSA) is 46.3 Å². The highest BCUT2D eigenvalue weighted by molar-refractivity contribution is 5.95. The number of rotatable bonds is 1. The van der Waals surface area contributed by atoms with Crippen LogP contribution in [0.1, 0.15) is 42.6 Å². The minimum Gasteiger partial charge on any atom is -0.399 e. The summed E-state index contributed by atoms with van der Waals surface area (Å²) in [4.78, 5) is 14.5. The molecule has 2 atom stereocenters. The van der Waals surface area contributed by atoms with Crippen LogP contribution in [0.15, 0.2) is 18.2 Å². The van der Waals surface area contributed by atoms with Crippen molar-refractivity contribution in [1.29, 1.82) is 0 Å². The van der Waals surface area contributed by atoms with Crippen molar-refractivity contribution in [3.8, 4) is 0 Å². The first-order valence-corrected chi connectivity index (χ1v) is 6.66. The average molecular weight is 246 g/mol. The Balaban J connectivity index is 2.18. The van der Waals surface area contributed by atoms with Crippen LogP contribution in [0.25, 0.3) is 0 Å². The number of carbonyl (C=O) groups excluding carboxylic acids is 1. The number of hydrogen-bond acceptors (Lipinski definition) is 2. The van der Waals surface area contributed by atoms with Gasteiger partial charge in [-0.05, 0) is 56.4 Å². The monoisotopic (exact) mass is 246 g/mol. The van der Waals surface area contributed by atoms with Crippen molar-refractivity contribution in [2.75, 3.05) is 12.3 Å². The van der Waals surface area contributed by atoms with E-state index in [1.54, 1.807) is 0 Å². The molecule has 98 valence electrons. The van der Waals surface area contributed by atoms with Gasteiger partial charge in [-0.3, -0.25) is 4.79 Å². The number of likely N-dealkylation sites (tertiary alicyclic amines) is 1. The van der Waals surface area contributed by atoms with Gasteiger partial charge in [0.1, 0.15) is 0 Å². The second kappa shape index (κ2) is 5.01. The van der Waals surface area contributed by atoms with Crippen LogP contribution < -0.4 is 5.73 Å². The summed E-state index contributed by atoms with van der Waals surface area (Å²) < 4.78 is 0. The molecular weight excluding hydrogens is 224 g/mol. The van der Waals surface area contributed by atoms with Gasteiger partial charge in [0.05, 0.1) is 0 Å². The van der Waals surface area contributed by atoms with E-state index in [-0.39, 0.29) is 5.91 Å². The van der Waals surface area contributed by atoms with Crippen LogP contribution in [-0.2, 0) is 0 Å². The Hall–Kier alpha value is -1.51. The maximum absolute atomic E-state index is 12.5. The van der Waals surface area contributed by atoms with Crippen LogP contribution in [-0.4, -0.2) is 23.4 Å². The van der Waals surface area contributed by atoms with Gasteiger partial charge in [0.15, 0.2) is 0 Å². The van der Waals surface area contributed by atoms with E-state index in [4.69, 9.17) is 5.73 Å². The molecule has 0 radical (unpaired) electrons. The average Bonchev–Trinajstić information content (AvgIpc) is 2.32. The molecule has 2 rings (SSSR count). The molecule has 3 nitrogen and oxygen atoms in total. The Morgan fingerprint density at radius 3 is 2.72 bits per heavy atom. The van der Waals surface area contributed by atoms with Gasteiger partial charge in [0.2, 0.25) is 0 Å². The first-order valence-electron chi connectivity index (χ1n) is 6.66. The van der Waals surface area contributed by atoms with Gasteiger partial charge >= 0.3 is 0 Å². The van der Waals surface area contributed by atoms with E-state index < -0.39 is 0 Å². The third-order valence-electron chi connectivity index (χ3n) is 3.92. The lowest BCUT2D eigenvalue weighted by molar-refractivity contribution is 0.0588. The normalized spacial score (nSPS) is 24.1. The summed E-state index contributed by atoms with van der Waals surface area (Å²) >= 11 is 0. The molecule has 0 spiro atoms. The largest absolute Gasteiger partial charge is 0.399 e. The highest BCUT2D eigenvalue weighted by atomic mass is 16.2. The Morgan fingerprint density at radius 2 is 2.11 bits per heavy atom. The Labute approximate surface area is 109 Å². The lowest BCUT2D eigenvalue weighted by atomic mass is 9.92. The molecule has 0 bridgehead atoms. The van der Waals surface area contributed by atoms with Gasteiger partial charge in [-0.2, -0.15) is 0 Å². The molecule has 1 aromatic rings. The minimum absolute atomic E-state index is 0.137. The van der Waals surface area contributed by atoms with E-state index in [0.717, 1.165) is 42.1 Å². The van der Waals surface area contributed by atoms with E-state index in [1.807, 2.05) is 30.0 Å². The Kier molecular flexibility index (Phi) is 3.60. The number of nitrogen functional groups attached to an aromatic ring is 1. The van der Waals surface area contributed by atoms with E-state index in [0.29, 0.717) is 6.04 Å². The summed E-state index contributed by atoms with van der Waals surface area (Å²) in [7, 11) is 0. The molecule has 0 saturated carbocycles. The highest BCUT2D eigenvalue weighted by Crippen LogP contribution is 2.24. The van der Waals surface area contributed by atoms with Crippen molar-refractivity contribution in [1.82, 2.24) is 4.90 Å². The fraction of sp³-hybridized carbons (Fsp3) is 0.533. The van der Waals surface area contributed by atoms with Crippen LogP contribution in [0, 0.1) is 12.8 Å². The lowest BCUT2D eigenvalue weighted by Crippen LogP contribution is -2.44. The van der Waals surface area contributed by atoms with Gasteiger partial charge in [-0.15, -0.1) is 0 Å². The zero-order chi connectivity index (χ0) is 13.3. The Morgan fingerprint density at radius 1 is 1.39 bits per heavy atom. The van der Waals surface area contributed by atoms with E-state index in [9.17, 15) is 4.79 Å². The lowest BCUT2D eigenvalue weighted by Gasteiger charge is -2.36.